The van der Waals surface area contributed by atoms with Crippen molar-refractivity contribution in [1.82, 2.24) is 14.6 Å². The predicted octanol–water partition coefficient (Wildman–Crippen LogP) is 3.22. The van der Waals surface area contributed by atoms with Gasteiger partial charge in [0.25, 0.3) is 0 Å². The van der Waals surface area contributed by atoms with Crippen LogP contribution in [0.2, 0.25) is 0 Å². The first-order valence-electron chi connectivity index (χ1n) is 9.09. The summed E-state index contributed by atoms with van der Waals surface area (Å²) < 4.78 is 1.89. The van der Waals surface area contributed by atoms with Gasteiger partial charge in [-0.3, -0.25) is 0 Å². The Balaban J connectivity index is 1.48. The quantitative estimate of drug-likeness (QED) is 0.769. The number of aliphatic hydroxyl groups is 1. The molecule has 2 aromatic heterocycles. The van der Waals surface area contributed by atoms with Gasteiger partial charge in [0.15, 0.2) is 5.65 Å². The molecule has 4 atom stereocenters. The molecule has 5 heteroatoms. The number of fused-ring (bicyclic) bond motifs is 3. The maximum Gasteiger partial charge on any atom is 0.157 e. The van der Waals surface area contributed by atoms with E-state index in [0.29, 0.717) is 30.4 Å². The number of nitrogens with zero attached hydrogens (tertiary/aromatic N) is 3. The molecule has 2 aliphatic rings. The zero-order chi connectivity index (χ0) is 16.8. The van der Waals surface area contributed by atoms with E-state index in [1.807, 2.05) is 28.8 Å². The zero-order valence-electron chi connectivity index (χ0n) is 14.0. The highest BCUT2D eigenvalue weighted by Crippen LogP contribution is 2.49. The lowest BCUT2D eigenvalue weighted by Gasteiger charge is -2.28. The van der Waals surface area contributed by atoms with Crippen molar-refractivity contribution in [2.45, 2.75) is 25.3 Å². The lowest BCUT2D eigenvalue weighted by molar-refractivity contribution is 0.173. The van der Waals surface area contributed by atoms with E-state index in [-0.39, 0.29) is 0 Å². The maximum absolute atomic E-state index is 9.50. The molecule has 3 aromatic rings. The fraction of sp³-hybridized carbons (Fsp3) is 0.400. The Hall–Kier alpha value is -2.40. The minimum Gasteiger partial charge on any atom is -0.396 e. The zero-order valence-corrected chi connectivity index (χ0v) is 14.0. The van der Waals surface area contributed by atoms with Crippen molar-refractivity contribution in [3.8, 4) is 11.3 Å². The lowest BCUT2D eigenvalue weighted by atomic mass is 9.86. The third-order valence-electron chi connectivity index (χ3n) is 6.00. The fourth-order valence-electron chi connectivity index (χ4n) is 4.76. The van der Waals surface area contributed by atoms with Gasteiger partial charge < -0.3 is 10.4 Å². The van der Waals surface area contributed by atoms with Gasteiger partial charge in [-0.05, 0) is 37.0 Å². The fourth-order valence-corrected chi connectivity index (χ4v) is 4.76. The van der Waals surface area contributed by atoms with Crippen molar-refractivity contribution in [3.63, 3.8) is 0 Å². The van der Waals surface area contributed by atoms with Crippen molar-refractivity contribution in [2.24, 2.45) is 17.8 Å². The number of rotatable bonds is 4. The molecule has 5 nitrogen and oxygen atoms in total. The molecule has 2 saturated carbocycles. The number of anilines is 1. The summed E-state index contributed by atoms with van der Waals surface area (Å²) in [5.41, 5.74) is 2.94. The van der Waals surface area contributed by atoms with E-state index in [1.54, 1.807) is 6.20 Å². The second kappa shape index (κ2) is 5.85. The van der Waals surface area contributed by atoms with Crippen LogP contribution in [0.25, 0.3) is 16.9 Å². The summed E-state index contributed by atoms with van der Waals surface area (Å²) in [6.07, 6.45) is 5.31. The van der Waals surface area contributed by atoms with Gasteiger partial charge in [0, 0.05) is 30.3 Å². The van der Waals surface area contributed by atoms with Crippen LogP contribution in [0.3, 0.4) is 0 Å². The summed E-state index contributed by atoms with van der Waals surface area (Å²) in [6, 6.07) is 14.8. The number of benzene rings is 1. The SMILES string of the molecule is OC[C@@H]1C[C@H]2C[C@@H]1C[C@H]2Nc1cc(-c2ccccc2)nc2ccnn12. The molecule has 2 heterocycles. The van der Waals surface area contributed by atoms with Crippen LogP contribution in [0.4, 0.5) is 5.82 Å². The first kappa shape index (κ1) is 14.9. The molecule has 2 N–H and O–H groups in total. The molecular weight excluding hydrogens is 312 g/mol. The van der Waals surface area contributed by atoms with Crippen molar-refractivity contribution in [2.75, 3.05) is 11.9 Å². The Labute approximate surface area is 146 Å². The van der Waals surface area contributed by atoms with E-state index in [2.05, 4.69) is 28.6 Å². The average molecular weight is 334 g/mol. The molecule has 0 unspecified atom stereocenters. The van der Waals surface area contributed by atoms with Gasteiger partial charge in [-0.2, -0.15) is 9.61 Å². The van der Waals surface area contributed by atoms with Crippen LogP contribution in [0, 0.1) is 17.8 Å². The average Bonchev–Trinajstić information content (AvgIpc) is 3.37. The minimum atomic E-state index is 0.338. The van der Waals surface area contributed by atoms with Crippen LogP contribution in [0.5, 0.6) is 0 Å². The minimum absolute atomic E-state index is 0.338. The molecule has 0 saturated heterocycles. The highest BCUT2D eigenvalue weighted by atomic mass is 16.3. The molecule has 2 aliphatic carbocycles. The smallest absolute Gasteiger partial charge is 0.157 e. The number of aromatic nitrogens is 3. The van der Waals surface area contributed by atoms with Crippen molar-refractivity contribution in [3.05, 3.63) is 48.7 Å². The van der Waals surface area contributed by atoms with Gasteiger partial charge in [-0.1, -0.05) is 30.3 Å². The molecule has 25 heavy (non-hydrogen) atoms. The second-order valence-corrected chi connectivity index (χ2v) is 7.41. The molecular formula is C20H22N4O. The monoisotopic (exact) mass is 334 g/mol. The molecule has 0 aliphatic heterocycles. The summed E-state index contributed by atoms with van der Waals surface area (Å²) in [4.78, 5) is 4.74. The van der Waals surface area contributed by atoms with E-state index < -0.39 is 0 Å². The highest BCUT2D eigenvalue weighted by Gasteiger charge is 2.45. The molecule has 2 bridgehead atoms. The largest absolute Gasteiger partial charge is 0.396 e. The first-order valence-corrected chi connectivity index (χ1v) is 9.09. The Kier molecular flexibility index (Phi) is 3.48. The molecule has 1 aromatic carbocycles. The Bertz CT molecular complexity index is 891. The molecule has 5 rings (SSSR count). The Morgan fingerprint density at radius 1 is 1.08 bits per heavy atom. The van der Waals surface area contributed by atoms with Gasteiger partial charge in [0.2, 0.25) is 0 Å². The molecule has 0 radical (unpaired) electrons. The molecule has 128 valence electrons. The predicted molar refractivity (Wildman–Crippen MR) is 97.2 cm³/mol. The van der Waals surface area contributed by atoms with Gasteiger partial charge in [-0.15, -0.1) is 0 Å². The van der Waals surface area contributed by atoms with Crippen molar-refractivity contribution < 1.29 is 5.11 Å². The Morgan fingerprint density at radius 3 is 2.72 bits per heavy atom. The van der Waals surface area contributed by atoms with Crippen molar-refractivity contribution >= 4 is 11.5 Å². The Morgan fingerprint density at radius 2 is 1.96 bits per heavy atom. The molecule has 0 amide bonds. The number of nitrogens with one attached hydrogen (secondary N) is 1. The topological polar surface area (TPSA) is 62.5 Å². The van der Waals surface area contributed by atoms with E-state index in [1.165, 1.54) is 6.42 Å². The van der Waals surface area contributed by atoms with Gasteiger partial charge >= 0.3 is 0 Å². The van der Waals surface area contributed by atoms with Gasteiger partial charge in [0.05, 0.1) is 11.9 Å². The van der Waals surface area contributed by atoms with Gasteiger partial charge in [0.1, 0.15) is 5.82 Å². The molecule has 2 fully saturated rings. The first-order chi connectivity index (χ1) is 12.3. The number of hydrogen-bond donors (Lipinski definition) is 2. The van der Waals surface area contributed by atoms with Crippen LogP contribution in [-0.2, 0) is 0 Å². The van der Waals surface area contributed by atoms with E-state index in [4.69, 9.17) is 4.98 Å². The molecule has 0 spiro atoms. The number of aliphatic hydroxyl groups excluding tert-OH is 1. The summed E-state index contributed by atoms with van der Waals surface area (Å²) in [5.74, 6) is 2.83. The third kappa shape index (κ3) is 2.50. The van der Waals surface area contributed by atoms with E-state index >= 15 is 0 Å². The number of hydrogen-bond acceptors (Lipinski definition) is 4. The third-order valence-corrected chi connectivity index (χ3v) is 6.00. The lowest BCUT2D eigenvalue weighted by Crippen LogP contribution is -2.31. The van der Waals surface area contributed by atoms with E-state index in [9.17, 15) is 5.11 Å². The van der Waals surface area contributed by atoms with Crippen LogP contribution in [-0.4, -0.2) is 32.4 Å². The van der Waals surface area contributed by atoms with Crippen LogP contribution in [0.15, 0.2) is 48.7 Å². The highest BCUT2D eigenvalue weighted by molar-refractivity contribution is 5.66. The van der Waals surface area contributed by atoms with Crippen LogP contribution >= 0.6 is 0 Å². The van der Waals surface area contributed by atoms with Crippen molar-refractivity contribution in [1.29, 1.82) is 0 Å². The second-order valence-electron chi connectivity index (χ2n) is 7.41. The summed E-state index contributed by atoms with van der Waals surface area (Å²) in [6.45, 7) is 0.338. The van der Waals surface area contributed by atoms with Gasteiger partial charge in [-0.25, -0.2) is 4.98 Å². The van der Waals surface area contributed by atoms with Crippen LogP contribution < -0.4 is 5.32 Å². The summed E-state index contributed by atoms with van der Waals surface area (Å²) in [7, 11) is 0. The van der Waals surface area contributed by atoms with Crippen LogP contribution in [0.1, 0.15) is 19.3 Å². The summed E-state index contributed by atoms with van der Waals surface area (Å²) in [5, 5.41) is 17.7. The standard InChI is InChI=1S/C20H22N4O/c25-12-16-9-15-8-14(16)10-17(15)23-20-11-18(13-4-2-1-3-5-13)22-19-6-7-21-24(19)20/h1-7,11,14-17,23,25H,8-10,12H2/t14-,15-,16+,17-/m1/s1. The maximum atomic E-state index is 9.50. The summed E-state index contributed by atoms with van der Waals surface area (Å²) >= 11 is 0. The normalized spacial score (nSPS) is 27.9. The van der Waals surface area contributed by atoms with E-state index in [0.717, 1.165) is 35.6 Å².